The Hall–Kier alpha value is -3.19. The van der Waals surface area contributed by atoms with Gasteiger partial charge in [-0.3, -0.25) is 19.9 Å². The van der Waals surface area contributed by atoms with Crippen LogP contribution in [0.5, 0.6) is 0 Å². The van der Waals surface area contributed by atoms with Crippen molar-refractivity contribution in [3.8, 4) is 12.1 Å². The Kier molecular flexibility index (Phi) is 2.96. The number of hydrogen-bond donors (Lipinski definition) is 1. The van der Waals surface area contributed by atoms with Gasteiger partial charge in [-0.05, 0) is 12.1 Å². The number of nitriles is 2. The van der Waals surface area contributed by atoms with Crippen LogP contribution in [-0.4, -0.2) is 29.5 Å². The maximum atomic E-state index is 11.9. The van der Waals surface area contributed by atoms with Crippen LogP contribution < -0.4 is 5.43 Å². The molecule has 0 unspecified atom stereocenters. The van der Waals surface area contributed by atoms with Gasteiger partial charge in [0, 0.05) is 7.05 Å². The van der Waals surface area contributed by atoms with E-state index in [-0.39, 0.29) is 22.5 Å². The first-order valence-corrected chi connectivity index (χ1v) is 5.19. The predicted molar refractivity (Wildman–Crippen MR) is 65.1 cm³/mol. The van der Waals surface area contributed by atoms with Crippen molar-refractivity contribution in [3.05, 3.63) is 29.3 Å². The lowest BCUT2D eigenvalue weighted by molar-refractivity contribution is 0.0693. The molecule has 7 nitrogen and oxygen atoms in total. The molecular weight excluding hydrogens is 246 g/mol. The summed E-state index contributed by atoms with van der Waals surface area (Å²) in [4.78, 5) is 24.6. The average molecular weight is 253 g/mol. The maximum absolute atomic E-state index is 11.9. The Morgan fingerprint density at radius 3 is 2.58 bits per heavy atom. The van der Waals surface area contributed by atoms with E-state index in [1.807, 2.05) is 0 Å². The summed E-state index contributed by atoms with van der Waals surface area (Å²) in [5.41, 5.74) is 2.83. The molecule has 19 heavy (non-hydrogen) atoms. The van der Waals surface area contributed by atoms with E-state index in [1.165, 1.54) is 13.1 Å². The summed E-state index contributed by atoms with van der Waals surface area (Å²) in [6.45, 7) is 0. The van der Waals surface area contributed by atoms with Crippen molar-refractivity contribution in [1.82, 2.24) is 4.90 Å². The third-order valence-electron chi connectivity index (χ3n) is 2.62. The molecular formula is C12H7N5O2. The topological polar surface area (TPSA) is 109 Å². The molecule has 92 valence electrons. The van der Waals surface area contributed by atoms with Crippen molar-refractivity contribution in [3.63, 3.8) is 0 Å². The Bertz CT molecular complexity index is 677. The number of fused-ring (bicyclic) bond motifs is 1. The highest BCUT2D eigenvalue weighted by Crippen LogP contribution is 2.28. The first-order valence-electron chi connectivity index (χ1n) is 5.19. The van der Waals surface area contributed by atoms with Crippen LogP contribution >= 0.6 is 0 Å². The van der Waals surface area contributed by atoms with E-state index in [4.69, 9.17) is 10.5 Å². The van der Waals surface area contributed by atoms with Gasteiger partial charge in [-0.15, -0.1) is 0 Å². The first-order chi connectivity index (χ1) is 9.10. The van der Waals surface area contributed by atoms with Crippen LogP contribution in [0.2, 0.25) is 0 Å². The Morgan fingerprint density at radius 1 is 1.26 bits per heavy atom. The minimum Gasteiger partial charge on any atom is -0.277 e. The van der Waals surface area contributed by atoms with E-state index < -0.39 is 11.8 Å². The van der Waals surface area contributed by atoms with Gasteiger partial charge in [0.15, 0.2) is 0 Å². The van der Waals surface area contributed by atoms with E-state index in [9.17, 15) is 9.59 Å². The number of anilines is 1. The molecule has 0 radical (unpaired) electrons. The van der Waals surface area contributed by atoms with Gasteiger partial charge in [0.2, 0.25) is 5.71 Å². The second-order valence-electron chi connectivity index (χ2n) is 3.69. The van der Waals surface area contributed by atoms with Crippen molar-refractivity contribution in [2.75, 3.05) is 12.5 Å². The highest BCUT2D eigenvalue weighted by atomic mass is 16.2. The molecule has 0 aromatic heterocycles. The van der Waals surface area contributed by atoms with E-state index in [0.29, 0.717) is 0 Å². The molecule has 1 aliphatic rings. The summed E-state index contributed by atoms with van der Waals surface area (Å²) in [5.74, 6) is -0.845. The van der Waals surface area contributed by atoms with Gasteiger partial charge < -0.3 is 0 Å². The van der Waals surface area contributed by atoms with E-state index >= 15 is 0 Å². The average Bonchev–Trinajstić information content (AvgIpc) is 2.66. The Balaban J connectivity index is 2.45. The van der Waals surface area contributed by atoms with Gasteiger partial charge in [0.25, 0.3) is 11.8 Å². The number of nitrogens with zero attached hydrogens (tertiary/aromatic N) is 4. The molecule has 0 saturated heterocycles. The zero-order valence-corrected chi connectivity index (χ0v) is 9.84. The fourth-order valence-corrected chi connectivity index (χ4v) is 1.69. The maximum Gasteiger partial charge on any atom is 0.263 e. The van der Waals surface area contributed by atoms with Crippen molar-refractivity contribution in [2.24, 2.45) is 5.10 Å². The van der Waals surface area contributed by atoms with Crippen molar-refractivity contribution >= 4 is 23.2 Å². The van der Waals surface area contributed by atoms with Gasteiger partial charge in [-0.25, -0.2) is 0 Å². The molecule has 1 aliphatic heterocycles. The van der Waals surface area contributed by atoms with Gasteiger partial charge >= 0.3 is 0 Å². The third kappa shape index (κ3) is 1.90. The Labute approximate surface area is 108 Å². The summed E-state index contributed by atoms with van der Waals surface area (Å²) in [6, 6.07) is 7.82. The molecule has 2 rings (SSSR count). The normalized spacial score (nSPS) is 12.5. The highest BCUT2D eigenvalue weighted by Gasteiger charge is 2.34. The molecule has 2 amide bonds. The minimum atomic E-state index is -0.450. The third-order valence-corrected chi connectivity index (χ3v) is 2.62. The van der Waals surface area contributed by atoms with Crippen LogP contribution in [0, 0.1) is 22.7 Å². The molecule has 0 atom stereocenters. The number of hydrogen-bond acceptors (Lipinski definition) is 6. The molecule has 1 aromatic carbocycles. The lowest BCUT2D eigenvalue weighted by Gasteiger charge is -2.05. The van der Waals surface area contributed by atoms with Crippen LogP contribution in [0.15, 0.2) is 23.3 Å². The van der Waals surface area contributed by atoms with Gasteiger partial charge in [0.05, 0.1) is 16.8 Å². The van der Waals surface area contributed by atoms with Crippen molar-refractivity contribution < 1.29 is 9.59 Å². The number of imide groups is 1. The quantitative estimate of drug-likeness (QED) is 0.474. The lowest BCUT2D eigenvalue weighted by Crippen LogP contribution is -2.24. The summed E-state index contributed by atoms with van der Waals surface area (Å²) < 4.78 is 0. The highest BCUT2D eigenvalue weighted by molar-refractivity contribution is 6.23. The van der Waals surface area contributed by atoms with Crippen LogP contribution in [0.3, 0.4) is 0 Å². The first kappa shape index (κ1) is 12.3. The molecule has 0 aliphatic carbocycles. The smallest absolute Gasteiger partial charge is 0.263 e. The predicted octanol–water partition coefficient (Wildman–Crippen LogP) is 0.727. The SMILES string of the molecule is CN1C(=O)c2cccc(NN=C(C#N)C#N)c2C1=O. The standard InChI is InChI=1S/C12H7N5O2/c1-17-11(18)8-3-2-4-9(10(8)12(17)19)16-15-7(5-13)6-14/h2-4,16H,1H3. The van der Waals surface area contributed by atoms with E-state index in [0.717, 1.165) is 4.90 Å². The number of carbonyl (C=O) groups excluding carboxylic acids is 2. The number of rotatable bonds is 2. The lowest BCUT2D eigenvalue weighted by atomic mass is 10.1. The summed E-state index contributed by atoms with van der Waals surface area (Å²) in [7, 11) is 1.38. The molecule has 0 bridgehead atoms. The van der Waals surface area contributed by atoms with Crippen LogP contribution in [0.4, 0.5) is 5.69 Å². The molecule has 1 aromatic rings. The summed E-state index contributed by atoms with van der Waals surface area (Å²) in [6.07, 6.45) is 0. The van der Waals surface area contributed by atoms with E-state index in [2.05, 4.69) is 10.5 Å². The molecule has 0 fully saturated rings. The monoisotopic (exact) mass is 253 g/mol. The fourth-order valence-electron chi connectivity index (χ4n) is 1.69. The summed E-state index contributed by atoms with van der Waals surface area (Å²) in [5, 5.41) is 20.7. The largest absolute Gasteiger partial charge is 0.277 e. The zero-order chi connectivity index (χ0) is 14.0. The molecule has 0 spiro atoms. The van der Waals surface area contributed by atoms with Gasteiger partial charge in [-0.1, -0.05) is 6.07 Å². The molecule has 1 heterocycles. The van der Waals surface area contributed by atoms with E-state index in [1.54, 1.807) is 24.3 Å². The Morgan fingerprint density at radius 2 is 1.95 bits per heavy atom. The number of carbonyl (C=O) groups is 2. The summed E-state index contributed by atoms with van der Waals surface area (Å²) >= 11 is 0. The minimum absolute atomic E-state index is 0.189. The molecule has 1 N–H and O–H groups in total. The van der Waals surface area contributed by atoms with Crippen LogP contribution in [-0.2, 0) is 0 Å². The van der Waals surface area contributed by atoms with Gasteiger partial charge in [-0.2, -0.15) is 15.6 Å². The van der Waals surface area contributed by atoms with Crippen molar-refractivity contribution in [1.29, 1.82) is 10.5 Å². The number of hydrazone groups is 1. The van der Waals surface area contributed by atoms with Gasteiger partial charge in [0.1, 0.15) is 12.1 Å². The number of amides is 2. The molecule has 0 saturated carbocycles. The second kappa shape index (κ2) is 4.59. The second-order valence-corrected chi connectivity index (χ2v) is 3.69. The van der Waals surface area contributed by atoms with Crippen molar-refractivity contribution in [2.45, 2.75) is 0 Å². The van der Waals surface area contributed by atoms with Crippen LogP contribution in [0.1, 0.15) is 20.7 Å². The molecule has 7 heteroatoms. The number of nitrogens with one attached hydrogen (secondary N) is 1. The fraction of sp³-hybridized carbons (Fsp3) is 0.0833. The van der Waals surface area contributed by atoms with Crippen LogP contribution in [0.25, 0.3) is 0 Å². The number of benzene rings is 1. The zero-order valence-electron chi connectivity index (χ0n) is 9.84.